The molecular formula is C30H38N4O6. The van der Waals surface area contributed by atoms with Crippen molar-refractivity contribution >= 4 is 17.7 Å². The first-order chi connectivity index (χ1) is 19.4. The van der Waals surface area contributed by atoms with Crippen molar-refractivity contribution in [2.75, 3.05) is 65.6 Å². The van der Waals surface area contributed by atoms with Gasteiger partial charge in [0.25, 0.3) is 0 Å². The molecule has 1 aromatic rings. The van der Waals surface area contributed by atoms with Gasteiger partial charge in [0.15, 0.2) is 0 Å². The van der Waals surface area contributed by atoms with Gasteiger partial charge in [-0.25, -0.2) is 0 Å². The third-order valence-electron chi connectivity index (χ3n) is 9.07. The minimum Gasteiger partial charge on any atom is -0.395 e. The van der Waals surface area contributed by atoms with Crippen LogP contribution in [0.25, 0.3) is 0 Å². The van der Waals surface area contributed by atoms with Crippen LogP contribution in [0.2, 0.25) is 0 Å². The van der Waals surface area contributed by atoms with Crippen molar-refractivity contribution in [2.45, 2.75) is 30.7 Å². The predicted octanol–water partition coefficient (Wildman–Crippen LogP) is 0.279. The van der Waals surface area contributed by atoms with Crippen LogP contribution in [0.3, 0.4) is 0 Å². The fourth-order valence-corrected chi connectivity index (χ4v) is 7.20. The number of fused-ring (bicyclic) bond motifs is 2. The van der Waals surface area contributed by atoms with Gasteiger partial charge in [0.05, 0.1) is 37.3 Å². The van der Waals surface area contributed by atoms with Crippen LogP contribution < -0.4 is 0 Å². The van der Waals surface area contributed by atoms with Crippen LogP contribution in [0.5, 0.6) is 0 Å². The van der Waals surface area contributed by atoms with Gasteiger partial charge in [0, 0.05) is 52.4 Å². The highest BCUT2D eigenvalue weighted by atomic mass is 16.5. The molecule has 1 unspecified atom stereocenters. The van der Waals surface area contributed by atoms with E-state index in [1.165, 1.54) is 4.90 Å². The van der Waals surface area contributed by atoms with E-state index >= 15 is 0 Å². The molecule has 5 heterocycles. The molecule has 1 N–H and O–H groups in total. The molecule has 3 fully saturated rings. The van der Waals surface area contributed by atoms with E-state index in [9.17, 15) is 19.5 Å². The van der Waals surface area contributed by atoms with Crippen LogP contribution in [0.15, 0.2) is 54.6 Å². The normalized spacial score (nSPS) is 34.1. The lowest BCUT2D eigenvalue weighted by Crippen LogP contribution is -2.57. The highest BCUT2D eigenvalue weighted by molar-refractivity contribution is 6.00. The number of aliphatic hydroxyl groups is 1. The van der Waals surface area contributed by atoms with Gasteiger partial charge in [0.2, 0.25) is 17.7 Å². The number of carbonyl (C=O) groups excluding carboxylic acids is 3. The smallest absolute Gasteiger partial charge is 0.249 e. The summed E-state index contributed by atoms with van der Waals surface area (Å²) >= 11 is 0. The van der Waals surface area contributed by atoms with Crippen molar-refractivity contribution in [3.63, 3.8) is 0 Å². The maximum Gasteiger partial charge on any atom is 0.249 e. The minimum atomic E-state index is -1.30. The van der Waals surface area contributed by atoms with Crippen LogP contribution in [-0.2, 0) is 30.4 Å². The van der Waals surface area contributed by atoms with Crippen molar-refractivity contribution < 1.29 is 29.0 Å². The number of ether oxygens (including phenoxy) is 2. The first-order valence-electron chi connectivity index (χ1n) is 14.3. The molecule has 3 saturated heterocycles. The molecule has 5 aliphatic heterocycles. The largest absolute Gasteiger partial charge is 0.395 e. The number of aliphatic hydroxyl groups excluding tert-OH is 1. The van der Waals surface area contributed by atoms with Gasteiger partial charge in [0.1, 0.15) is 11.6 Å². The van der Waals surface area contributed by atoms with Crippen LogP contribution in [-0.4, -0.2) is 125 Å². The highest BCUT2D eigenvalue weighted by Gasteiger charge is 2.74. The Bertz CT molecular complexity index is 1200. The molecular weight excluding hydrogens is 512 g/mol. The molecule has 0 aromatic heterocycles. The molecule has 3 amide bonds. The van der Waals surface area contributed by atoms with Gasteiger partial charge in [-0.05, 0) is 12.5 Å². The highest BCUT2D eigenvalue weighted by Crippen LogP contribution is 2.57. The molecule has 1 aromatic carbocycles. The van der Waals surface area contributed by atoms with E-state index in [0.29, 0.717) is 45.9 Å². The third-order valence-corrected chi connectivity index (χ3v) is 9.07. The first kappa shape index (κ1) is 27.1. The molecule has 10 heteroatoms. The zero-order chi connectivity index (χ0) is 27.9. The van der Waals surface area contributed by atoms with E-state index in [-0.39, 0.29) is 30.9 Å². The summed E-state index contributed by atoms with van der Waals surface area (Å²) in [5.41, 5.74) is -1.36. The number of morpholine rings is 1. The zero-order valence-corrected chi connectivity index (χ0v) is 23.0. The van der Waals surface area contributed by atoms with E-state index < -0.39 is 29.1 Å². The molecule has 10 nitrogen and oxygen atoms in total. The summed E-state index contributed by atoms with van der Waals surface area (Å²) in [5.74, 6) is -2.36. The number of rotatable bonds is 7. The van der Waals surface area contributed by atoms with Crippen LogP contribution in [0, 0.1) is 11.8 Å². The maximum absolute atomic E-state index is 14.2. The lowest BCUT2D eigenvalue weighted by Gasteiger charge is -2.37. The standard InChI is InChI=1S/C30H38N4O6/c1-29-9-5-12-33(21-22-7-3-2-4-8-22)26(36)23(29)24-27(37)34(15-18-35)25-28(38)32(11-6-10-30(24,25)40-29)14-13-31-16-19-39-20-17-31/h2-10,23-25,35H,11-21H2,1H3/t23-,24+,25?,29+,30+/m1/s1. The second-order valence-corrected chi connectivity index (χ2v) is 11.5. The molecule has 0 radical (unpaired) electrons. The van der Waals surface area contributed by atoms with E-state index in [1.807, 2.05) is 61.6 Å². The maximum atomic E-state index is 14.2. The lowest BCUT2D eigenvalue weighted by molar-refractivity contribution is -0.153. The molecule has 0 bridgehead atoms. The van der Waals surface area contributed by atoms with Gasteiger partial charge in [-0.2, -0.15) is 0 Å². The number of hydrogen-bond donors (Lipinski definition) is 1. The summed E-state index contributed by atoms with van der Waals surface area (Å²) in [7, 11) is 0. The van der Waals surface area contributed by atoms with E-state index in [0.717, 1.165) is 18.7 Å². The van der Waals surface area contributed by atoms with Gasteiger partial charge in [-0.15, -0.1) is 0 Å². The number of carbonyl (C=O) groups is 3. The van der Waals surface area contributed by atoms with Crippen molar-refractivity contribution in [1.29, 1.82) is 0 Å². The topological polar surface area (TPSA) is 103 Å². The lowest BCUT2D eigenvalue weighted by atomic mass is 9.74. The summed E-state index contributed by atoms with van der Waals surface area (Å²) in [4.78, 5) is 49.8. The Morgan fingerprint density at radius 3 is 2.35 bits per heavy atom. The van der Waals surface area contributed by atoms with Gasteiger partial charge in [-0.3, -0.25) is 19.3 Å². The Morgan fingerprint density at radius 1 is 0.875 bits per heavy atom. The zero-order valence-electron chi connectivity index (χ0n) is 23.0. The number of likely N-dealkylation sites (tertiary alicyclic amines) is 1. The summed E-state index contributed by atoms with van der Waals surface area (Å²) in [6.07, 6.45) is 7.59. The molecule has 5 atom stereocenters. The SMILES string of the molecule is C[C@]12C=CCN(Cc3ccccc3)C(=O)[C@H]1[C@H]1C(=O)N(CCO)C3C(=O)N(CCN4CCOCC4)CC=C[C@@]31O2. The molecule has 1 spiro atoms. The monoisotopic (exact) mass is 550 g/mol. The summed E-state index contributed by atoms with van der Waals surface area (Å²) in [6.45, 7) is 6.99. The van der Waals surface area contributed by atoms with Crippen molar-refractivity contribution in [1.82, 2.24) is 19.6 Å². The number of hydrogen-bond acceptors (Lipinski definition) is 7. The molecule has 0 saturated carbocycles. The Kier molecular flexibility index (Phi) is 7.28. The van der Waals surface area contributed by atoms with Gasteiger partial charge >= 0.3 is 0 Å². The van der Waals surface area contributed by atoms with Gasteiger partial charge < -0.3 is 29.3 Å². The van der Waals surface area contributed by atoms with Crippen molar-refractivity contribution in [2.24, 2.45) is 11.8 Å². The van der Waals surface area contributed by atoms with Crippen molar-refractivity contribution in [3.8, 4) is 0 Å². The van der Waals surface area contributed by atoms with Crippen LogP contribution >= 0.6 is 0 Å². The summed E-state index contributed by atoms with van der Waals surface area (Å²) < 4.78 is 12.3. The number of benzene rings is 1. The number of β-amino-alcohol motifs (C(OH)–C–C–N with tert-alkyl or cyclic N) is 1. The van der Waals surface area contributed by atoms with E-state index in [4.69, 9.17) is 9.47 Å². The van der Waals surface area contributed by atoms with Crippen LogP contribution in [0.1, 0.15) is 12.5 Å². The average Bonchev–Trinajstić information content (AvgIpc) is 3.22. The number of amides is 3. The molecule has 0 aliphatic carbocycles. The van der Waals surface area contributed by atoms with Gasteiger partial charge in [-0.1, -0.05) is 54.6 Å². The second kappa shape index (κ2) is 10.7. The molecule has 214 valence electrons. The van der Waals surface area contributed by atoms with Crippen molar-refractivity contribution in [3.05, 3.63) is 60.2 Å². The Labute approximate surface area is 234 Å². The first-order valence-corrected chi connectivity index (χ1v) is 14.3. The Balaban J connectivity index is 1.32. The second-order valence-electron chi connectivity index (χ2n) is 11.5. The molecule has 40 heavy (non-hydrogen) atoms. The number of nitrogens with zero attached hydrogens (tertiary/aromatic N) is 4. The molecule has 6 rings (SSSR count). The van der Waals surface area contributed by atoms with E-state index in [1.54, 1.807) is 9.80 Å². The van der Waals surface area contributed by atoms with Crippen LogP contribution in [0.4, 0.5) is 0 Å². The fraction of sp³-hybridized carbons (Fsp3) is 0.567. The summed E-state index contributed by atoms with van der Waals surface area (Å²) in [5, 5.41) is 9.90. The Hall–Kier alpha value is -3.05. The summed E-state index contributed by atoms with van der Waals surface area (Å²) in [6, 6.07) is 8.82. The quantitative estimate of drug-likeness (QED) is 0.487. The molecule has 5 aliphatic rings. The predicted molar refractivity (Wildman–Crippen MR) is 146 cm³/mol. The minimum absolute atomic E-state index is 0.00316. The third kappa shape index (κ3) is 4.47. The Morgan fingerprint density at radius 2 is 1.60 bits per heavy atom. The average molecular weight is 551 g/mol. The fourth-order valence-electron chi connectivity index (χ4n) is 7.20. The van der Waals surface area contributed by atoms with E-state index in [2.05, 4.69) is 4.90 Å².